The molecular weight excluding hydrogens is 379 g/mol. The number of unbranched alkanes of at least 4 members (excludes halogenated alkanes) is 1. The Bertz CT molecular complexity index is 840. The van der Waals surface area contributed by atoms with Crippen LogP contribution in [0.4, 0.5) is 11.4 Å². The molecule has 26 heavy (non-hydrogen) atoms. The van der Waals surface area contributed by atoms with Crippen LogP contribution in [-0.2, 0) is 0 Å². The van der Waals surface area contributed by atoms with E-state index >= 15 is 0 Å². The maximum atomic E-state index is 12.8. The summed E-state index contributed by atoms with van der Waals surface area (Å²) in [6.07, 6.45) is 1.73. The fourth-order valence-electron chi connectivity index (χ4n) is 2.38. The minimum atomic E-state index is -0.540. The van der Waals surface area contributed by atoms with Gasteiger partial charge in [-0.3, -0.25) is 14.9 Å². The van der Waals surface area contributed by atoms with Gasteiger partial charge in [0.2, 0.25) is 0 Å². The summed E-state index contributed by atoms with van der Waals surface area (Å²) < 4.78 is 5.66. The van der Waals surface area contributed by atoms with E-state index in [1.54, 1.807) is 12.1 Å². The van der Waals surface area contributed by atoms with Gasteiger partial charge in [0.25, 0.3) is 11.6 Å². The number of ether oxygens (including phenoxy) is 1. The number of benzene rings is 2. The third-order valence-electron chi connectivity index (χ3n) is 3.76. The van der Waals surface area contributed by atoms with Crippen LogP contribution < -0.4 is 10.1 Å². The van der Waals surface area contributed by atoms with Gasteiger partial charge in [-0.15, -0.1) is 0 Å². The molecular formula is C18H18Cl2N2O4. The molecule has 1 N–H and O–H groups in total. The zero-order valence-electron chi connectivity index (χ0n) is 14.3. The Balaban J connectivity index is 2.41. The summed E-state index contributed by atoms with van der Waals surface area (Å²) in [7, 11) is 0. The number of hydrogen-bond acceptors (Lipinski definition) is 4. The van der Waals surface area contributed by atoms with Crippen LogP contribution in [0.25, 0.3) is 0 Å². The van der Waals surface area contributed by atoms with E-state index < -0.39 is 10.8 Å². The summed E-state index contributed by atoms with van der Waals surface area (Å²) >= 11 is 11.9. The van der Waals surface area contributed by atoms with Crippen LogP contribution in [0.2, 0.25) is 10.0 Å². The third-order valence-corrected chi connectivity index (χ3v) is 4.30. The first-order valence-electron chi connectivity index (χ1n) is 8.02. The molecule has 0 saturated heterocycles. The van der Waals surface area contributed by atoms with E-state index in [2.05, 4.69) is 5.32 Å². The molecule has 2 aromatic carbocycles. The van der Waals surface area contributed by atoms with Crippen molar-refractivity contribution in [2.45, 2.75) is 26.7 Å². The van der Waals surface area contributed by atoms with E-state index in [1.165, 1.54) is 25.1 Å². The van der Waals surface area contributed by atoms with Crippen molar-refractivity contribution < 1.29 is 14.5 Å². The van der Waals surface area contributed by atoms with Crippen molar-refractivity contribution in [1.29, 1.82) is 0 Å². The van der Waals surface area contributed by atoms with Gasteiger partial charge >= 0.3 is 0 Å². The van der Waals surface area contributed by atoms with Crippen LogP contribution in [0.5, 0.6) is 5.75 Å². The molecule has 0 aromatic heterocycles. The first kappa shape index (κ1) is 20.0. The Morgan fingerprint density at radius 2 is 2.00 bits per heavy atom. The van der Waals surface area contributed by atoms with Gasteiger partial charge in [0.1, 0.15) is 5.75 Å². The average Bonchev–Trinajstić information content (AvgIpc) is 2.57. The van der Waals surface area contributed by atoms with Crippen LogP contribution in [0.1, 0.15) is 35.7 Å². The highest BCUT2D eigenvalue weighted by Gasteiger charge is 2.24. The second-order valence-corrected chi connectivity index (χ2v) is 6.46. The van der Waals surface area contributed by atoms with Gasteiger partial charge < -0.3 is 10.1 Å². The number of anilines is 1. The van der Waals surface area contributed by atoms with Gasteiger partial charge in [-0.1, -0.05) is 36.5 Å². The minimum absolute atomic E-state index is 0.112. The minimum Gasteiger partial charge on any atom is -0.493 e. The van der Waals surface area contributed by atoms with Crippen LogP contribution in [0.15, 0.2) is 30.3 Å². The zero-order chi connectivity index (χ0) is 19.3. The quantitative estimate of drug-likeness (QED) is 0.372. The molecule has 0 saturated carbocycles. The van der Waals surface area contributed by atoms with E-state index in [-0.39, 0.29) is 21.8 Å². The molecule has 2 aromatic rings. The first-order chi connectivity index (χ1) is 12.3. The predicted molar refractivity (Wildman–Crippen MR) is 103 cm³/mol. The second kappa shape index (κ2) is 8.87. The van der Waals surface area contributed by atoms with Crippen molar-refractivity contribution in [2.75, 3.05) is 11.9 Å². The van der Waals surface area contributed by atoms with Crippen LogP contribution in [0.3, 0.4) is 0 Å². The van der Waals surface area contributed by atoms with Crippen LogP contribution >= 0.6 is 23.2 Å². The van der Waals surface area contributed by atoms with Gasteiger partial charge in [-0.25, -0.2) is 0 Å². The van der Waals surface area contributed by atoms with E-state index in [9.17, 15) is 14.9 Å². The number of nitro groups is 1. The van der Waals surface area contributed by atoms with Gasteiger partial charge in [0.15, 0.2) is 0 Å². The van der Waals surface area contributed by atoms with Crippen molar-refractivity contribution in [3.05, 3.63) is 61.6 Å². The summed E-state index contributed by atoms with van der Waals surface area (Å²) in [4.78, 5) is 23.5. The number of carbonyl (C=O) groups excluding carboxylic acids is 1. The van der Waals surface area contributed by atoms with Gasteiger partial charge in [0, 0.05) is 16.7 Å². The monoisotopic (exact) mass is 396 g/mol. The maximum absolute atomic E-state index is 12.8. The molecule has 138 valence electrons. The van der Waals surface area contributed by atoms with Crippen LogP contribution in [-0.4, -0.2) is 17.4 Å². The van der Waals surface area contributed by atoms with Crippen molar-refractivity contribution in [1.82, 2.24) is 0 Å². The fraction of sp³-hybridized carbons (Fsp3) is 0.278. The second-order valence-electron chi connectivity index (χ2n) is 5.62. The van der Waals surface area contributed by atoms with Crippen molar-refractivity contribution in [3.8, 4) is 5.75 Å². The summed E-state index contributed by atoms with van der Waals surface area (Å²) in [5.41, 5.74) is 0.541. The Morgan fingerprint density at radius 1 is 1.27 bits per heavy atom. The molecule has 0 spiro atoms. The lowest BCUT2D eigenvalue weighted by Crippen LogP contribution is -2.16. The number of nitro benzene ring substituents is 1. The molecule has 0 bridgehead atoms. The van der Waals surface area contributed by atoms with Gasteiger partial charge in [-0.2, -0.15) is 0 Å². The Hall–Kier alpha value is -2.31. The number of hydrogen-bond donors (Lipinski definition) is 1. The molecule has 2 rings (SSSR count). The van der Waals surface area contributed by atoms with Crippen molar-refractivity contribution in [2.24, 2.45) is 0 Å². The van der Waals surface area contributed by atoms with E-state index in [0.29, 0.717) is 23.1 Å². The molecule has 6 nitrogen and oxygen atoms in total. The molecule has 0 atom stereocenters. The number of nitrogens with one attached hydrogen (secondary N) is 1. The highest BCUT2D eigenvalue weighted by molar-refractivity contribution is 6.36. The maximum Gasteiger partial charge on any atom is 0.273 e. The van der Waals surface area contributed by atoms with E-state index in [4.69, 9.17) is 27.9 Å². The number of amides is 1. The van der Waals surface area contributed by atoms with E-state index in [1.807, 2.05) is 6.92 Å². The standard InChI is InChI=1S/C18H18Cl2N2O4/c1-3-4-9-26-16-8-7-15(22(24)25)11(2)17(16)18(23)21-14-6-5-12(19)10-13(14)20/h5-8,10H,3-4,9H2,1-2H3,(H,21,23). The normalized spacial score (nSPS) is 10.5. The van der Waals surface area contributed by atoms with Gasteiger partial charge in [0.05, 0.1) is 27.8 Å². The zero-order valence-corrected chi connectivity index (χ0v) is 15.9. The topological polar surface area (TPSA) is 81.5 Å². The molecule has 0 unspecified atom stereocenters. The molecule has 8 heteroatoms. The summed E-state index contributed by atoms with van der Waals surface area (Å²) in [5, 5.41) is 14.6. The number of halogens is 2. The SMILES string of the molecule is CCCCOc1ccc([N+](=O)[O-])c(C)c1C(=O)Nc1ccc(Cl)cc1Cl. The van der Waals surface area contributed by atoms with E-state index in [0.717, 1.165) is 12.8 Å². The molecule has 0 heterocycles. The lowest BCUT2D eigenvalue weighted by atomic mass is 10.0. The molecule has 0 radical (unpaired) electrons. The Labute approximate surface area is 161 Å². The summed E-state index contributed by atoms with van der Waals surface area (Å²) in [6.45, 7) is 3.94. The molecule has 0 aliphatic carbocycles. The highest BCUT2D eigenvalue weighted by Crippen LogP contribution is 2.32. The molecule has 0 aliphatic heterocycles. The largest absolute Gasteiger partial charge is 0.493 e. The Kier molecular flexibility index (Phi) is 6.83. The summed E-state index contributed by atoms with van der Waals surface area (Å²) in [6, 6.07) is 7.42. The molecule has 1 amide bonds. The predicted octanol–water partition coefficient (Wildman–Crippen LogP) is 5.64. The first-order valence-corrected chi connectivity index (χ1v) is 8.78. The van der Waals surface area contributed by atoms with Crippen molar-refractivity contribution in [3.63, 3.8) is 0 Å². The van der Waals surface area contributed by atoms with Gasteiger partial charge in [-0.05, 0) is 37.6 Å². The molecule has 0 fully saturated rings. The number of rotatable bonds is 7. The lowest BCUT2D eigenvalue weighted by molar-refractivity contribution is -0.385. The smallest absolute Gasteiger partial charge is 0.273 e. The highest BCUT2D eigenvalue weighted by atomic mass is 35.5. The number of nitrogens with zero attached hydrogens (tertiary/aromatic N) is 1. The summed E-state index contributed by atoms with van der Waals surface area (Å²) in [5.74, 6) is -0.244. The van der Waals surface area contributed by atoms with Crippen LogP contribution in [0, 0.1) is 17.0 Å². The fourth-order valence-corrected chi connectivity index (χ4v) is 2.83. The average molecular weight is 397 g/mol. The number of carbonyl (C=O) groups is 1. The van der Waals surface area contributed by atoms with Crippen molar-refractivity contribution >= 4 is 40.5 Å². The Morgan fingerprint density at radius 3 is 2.62 bits per heavy atom. The third kappa shape index (κ3) is 4.65. The molecule has 0 aliphatic rings. The lowest BCUT2D eigenvalue weighted by Gasteiger charge is -2.14.